The standard InChI is InChI=1S/C18H23N3/c1-18(8-2-3-9-21-18)17-12-15(4-5-16(17)13-19)14-6-10-20-11-7-14/h4-7,10-12,21H,2-3,8-9,13,19H2,1H3/t18-/m0/s1. The lowest BCUT2D eigenvalue weighted by molar-refractivity contribution is 0.282. The van der Waals surface area contributed by atoms with E-state index in [1.54, 1.807) is 0 Å². The van der Waals surface area contributed by atoms with Gasteiger partial charge in [0, 0.05) is 24.5 Å². The lowest BCUT2D eigenvalue weighted by Crippen LogP contribution is -2.44. The van der Waals surface area contributed by atoms with E-state index in [0.717, 1.165) is 6.54 Å². The largest absolute Gasteiger partial charge is 0.326 e. The lowest BCUT2D eigenvalue weighted by Gasteiger charge is -2.37. The molecule has 2 aromatic rings. The van der Waals surface area contributed by atoms with Crippen molar-refractivity contribution < 1.29 is 0 Å². The molecule has 1 aromatic carbocycles. The number of nitrogens with two attached hydrogens (primary N) is 1. The van der Waals surface area contributed by atoms with Crippen molar-refractivity contribution in [2.75, 3.05) is 6.54 Å². The molecule has 1 fully saturated rings. The molecule has 110 valence electrons. The highest BCUT2D eigenvalue weighted by atomic mass is 15.0. The molecule has 1 aliphatic heterocycles. The summed E-state index contributed by atoms with van der Waals surface area (Å²) < 4.78 is 0. The van der Waals surface area contributed by atoms with Crippen LogP contribution in [0.1, 0.15) is 37.3 Å². The molecule has 0 saturated carbocycles. The van der Waals surface area contributed by atoms with Crippen LogP contribution in [-0.2, 0) is 12.1 Å². The monoisotopic (exact) mass is 281 g/mol. The van der Waals surface area contributed by atoms with Gasteiger partial charge in [-0.15, -0.1) is 0 Å². The number of hydrogen-bond acceptors (Lipinski definition) is 3. The van der Waals surface area contributed by atoms with Gasteiger partial charge in [0.1, 0.15) is 0 Å². The Labute approximate surface area is 126 Å². The summed E-state index contributed by atoms with van der Waals surface area (Å²) in [6.45, 7) is 3.97. The van der Waals surface area contributed by atoms with E-state index in [1.807, 2.05) is 12.4 Å². The van der Waals surface area contributed by atoms with E-state index in [4.69, 9.17) is 5.73 Å². The van der Waals surface area contributed by atoms with Crippen molar-refractivity contribution in [2.45, 2.75) is 38.3 Å². The SMILES string of the molecule is C[C@@]1(c2cc(-c3ccncc3)ccc2CN)CCCCN1. The van der Waals surface area contributed by atoms with Crippen molar-refractivity contribution in [1.82, 2.24) is 10.3 Å². The summed E-state index contributed by atoms with van der Waals surface area (Å²) in [7, 11) is 0. The molecule has 0 aliphatic carbocycles. The molecule has 3 N–H and O–H groups in total. The van der Waals surface area contributed by atoms with Crippen molar-refractivity contribution in [1.29, 1.82) is 0 Å². The molecule has 3 heteroatoms. The van der Waals surface area contributed by atoms with Gasteiger partial charge in [0.2, 0.25) is 0 Å². The maximum atomic E-state index is 5.97. The van der Waals surface area contributed by atoms with Gasteiger partial charge in [0.05, 0.1) is 0 Å². The van der Waals surface area contributed by atoms with Gasteiger partial charge in [-0.3, -0.25) is 4.98 Å². The van der Waals surface area contributed by atoms with Gasteiger partial charge in [0.25, 0.3) is 0 Å². The predicted octanol–water partition coefficient (Wildman–Crippen LogP) is 3.20. The number of hydrogen-bond donors (Lipinski definition) is 2. The fourth-order valence-corrected chi connectivity index (χ4v) is 3.28. The first-order valence-electron chi connectivity index (χ1n) is 7.72. The van der Waals surface area contributed by atoms with E-state index in [0.29, 0.717) is 6.54 Å². The number of benzene rings is 1. The van der Waals surface area contributed by atoms with Crippen LogP contribution in [0.3, 0.4) is 0 Å². The maximum absolute atomic E-state index is 5.97. The second-order valence-corrected chi connectivity index (χ2v) is 6.03. The third-order valence-electron chi connectivity index (χ3n) is 4.56. The predicted molar refractivity (Wildman–Crippen MR) is 86.8 cm³/mol. The molecule has 0 unspecified atom stereocenters. The average molecular weight is 281 g/mol. The summed E-state index contributed by atoms with van der Waals surface area (Å²) in [5, 5.41) is 3.70. The van der Waals surface area contributed by atoms with Gasteiger partial charge in [-0.1, -0.05) is 18.6 Å². The molecule has 0 radical (unpaired) electrons. The second-order valence-electron chi connectivity index (χ2n) is 6.03. The molecule has 1 aromatic heterocycles. The number of pyridine rings is 1. The topological polar surface area (TPSA) is 50.9 Å². The highest BCUT2D eigenvalue weighted by Crippen LogP contribution is 2.34. The Balaban J connectivity index is 2.05. The average Bonchev–Trinajstić information content (AvgIpc) is 2.56. The van der Waals surface area contributed by atoms with Crippen LogP contribution in [0.5, 0.6) is 0 Å². The molecule has 0 amide bonds. The highest BCUT2D eigenvalue weighted by Gasteiger charge is 2.30. The van der Waals surface area contributed by atoms with Crippen LogP contribution < -0.4 is 11.1 Å². The minimum Gasteiger partial charge on any atom is -0.326 e. The molecule has 3 rings (SSSR count). The normalized spacial score (nSPS) is 22.2. The first kappa shape index (κ1) is 14.2. The Morgan fingerprint density at radius 3 is 2.62 bits per heavy atom. The Kier molecular flexibility index (Phi) is 4.04. The van der Waals surface area contributed by atoms with Gasteiger partial charge in [-0.2, -0.15) is 0 Å². The summed E-state index contributed by atoms with van der Waals surface area (Å²) in [6.07, 6.45) is 7.38. The van der Waals surface area contributed by atoms with Crippen LogP contribution in [-0.4, -0.2) is 11.5 Å². The third kappa shape index (κ3) is 2.85. The molecule has 1 aliphatic rings. The molecule has 3 nitrogen and oxygen atoms in total. The number of piperidine rings is 1. The third-order valence-corrected chi connectivity index (χ3v) is 4.56. The van der Waals surface area contributed by atoms with Gasteiger partial charge in [-0.05, 0) is 66.8 Å². The molecule has 2 heterocycles. The second kappa shape index (κ2) is 5.96. The highest BCUT2D eigenvalue weighted by molar-refractivity contribution is 5.65. The number of rotatable bonds is 3. The molecule has 21 heavy (non-hydrogen) atoms. The maximum Gasteiger partial charge on any atom is 0.0409 e. The van der Waals surface area contributed by atoms with Crippen LogP contribution in [0.4, 0.5) is 0 Å². The molecule has 0 spiro atoms. The van der Waals surface area contributed by atoms with Gasteiger partial charge in [-0.25, -0.2) is 0 Å². The minimum atomic E-state index is 0.0377. The smallest absolute Gasteiger partial charge is 0.0409 e. The van der Waals surface area contributed by atoms with E-state index in [1.165, 1.54) is 41.5 Å². The molecule has 1 atom stereocenters. The summed E-state index contributed by atoms with van der Waals surface area (Å²) in [6, 6.07) is 10.7. The van der Waals surface area contributed by atoms with Crippen molar-refractivity contribution >= 4 is 0 Å². The van der Waals surface area contributed by atoms with Crippen molar-refractivity contribution in [3.05, 3.63) is 53.9 Å². The Morgan fingerprint density at radius 1 is 1.14 bits per heavy atom. The summed E-state index contributed by atoms with van der Waals surface area (Å²) >= 11 is 0. The number of nitrogens with zero attached hydrogens (tertiary/aromatic N) is 1. The summed E-state index contributed by atoms with van der Waals surface area (Å²) in [4.78, 5) is 4.10. The zero-order chi connectivity index (χ0) is 14.7. The number of aromatic nitrogens is 1. The van der Waals surface area contributed by atoms with E-state index >= 15 is 0 Å². The lowest BCUT2D eigenvalue weighted by atomic mass is 9.80. The molecular weight excluding hydrogens is 258 g/mol. The van der Waals surface area contributed by atoms with Crippen LogP contribution >= 0.6 is 0 Å². The zero-order valence-electron chi connectivity index (χ0n) is 12.6. The number of nitrogens with one attached hydrogen (secondary N) is 1. The van der Waals surface area contributed by atoms with Crippen LogP contribution in [0.2, 0.25) is 0 Å². The van der Waals surface area contributed by atoms with E-state index in [2.05, 4.69) is 47.6 Å². The van der Waals surface area contributed by atoms with Crippen molar-refractivity contribution in [3.8, 4) is 11.1 Å². The Bertz CT molecular complexity index is 601. The molecule has 0 bridgehead atoms. The van der Waals surface area contributed by atoms with Crippen LogP contribution in [0, 0.1) is 0 Å². The van der Waals surface area contributed by atoms with Gasteiger partial charge >= 0.3 is 0 Å². The first-order chi connectivity index (χ1) is 10.2. The van der Waals surface area contributed by atoms with E-state index in [-0.39, 0.29) is 5.54 Å². The Hall–Kier alpha value is -1.71. The summed E-state index contributed by atoms with van der Waals surface area (Å²) in [5.41, 5.74) is 11.0. The Morgan fingerprint density at radius 2 is 1.95 bits per heavy atom. The zero-order valence-corrected chi connectivity index (χ0v) is 12.6. The van der Waals surface area contributed by atoms with Gasteiger partial charge < -0.3 is 11.1 Å². The fourth-order valence-electron chi connectivity index (χ4n) is 3.28. The molecular formula is C18H23N3. The minimum absolute atomic E-state index is 0.0377. The van der Waals surface area contributed by atoms with Crippen molar-refractivity contribution in [2.24, 2.45) is 5.73 Å². The van der Waals surface area contributed by atoms with Gasteiger partial charge in [0.15, 0.2) is 0 Å². The first-order valence-corrected chi connectivity index (χ1v) is 7.72. The van der Waals surface area contributed by atoms with Crippen molar-refractivity contribution in [3.63, 3.8) is 0 Å². The summed E-state index contributed by atoms with van der Waals surface area (Å²) in [5.74, 6) is 0. The van der Waals surface area contributed by atoms with Crippen LogP contribution in [0.15, 0.2) is 42.7 Å². The van der Waals surface area contributed by atoms with E-state index in [9.17, 15) is 0 Å². The van der Waals surface area contributed by atoms with E-state index < -0.39 is 0 Å². The fraction of sp³-hybridized carbons (Fsp3) is 0.389. The van der Waals surface area contributed by atoms with Crippen LogP contribution in [0.25, 0.3) is 11.1 Å². The quantitative estimate of drug-likeness (QED) is 0.908. The molecule has 1 saturated heterocycles.